The summed E-state index contributed by atoms with van der Waals surface area (Å²) in [6, 6.07) is 10.5. The Balaban J connectivity index is 1.55. The zero-order chi connectivity index (χ0) is 19.0. The number of nitrogens with one attached hydrogen (secondary N) is 1. The number of benzene rings is 1. The summed E-state index contributed by atoms with van der Waals surface area (Å²) in [4.78, 5) is 30.9. The fraction of sp³-hybridized carbons (Fsp3) is 0.211. The first-order chi connectivity index (χ1) is 13.0. The van der Waals surface area contributed by atoms with E-state index >= 15 is 0 Å². The van der Waals surface area contributed by atoms with E-state index < -0.39 is 11.6 Å². The summed E-state index contributed by atoms with van der Waals surface area (Å²) in [5.41, 5.74) is 0.361. The average Bonchev–Trinajstić information content (AvgIpc) is 3.40. The van der Waals surface area contributed by atoms with Crippen molar-refractivity contribution in [3.8, 4) is 16.3 Å². The molecule has 0 aliphatic carbocycles. The van der Waals surface area contributed by atoms with E-state index in [4.69, 9.17) is 9.15 Å². The van der Waals surface area contributed by atoms with Gasteiger partial charge in [-0.15, -0.1) is 11.3 Å². The van der Waals surface area contributed by atoms with Crippen molar-refractivity contribution >= 4 is 23.3 Å². The van der Waals surface area contributed by atoms with Crippen LogP contribution in [0.1, 0.15) is 18.4 Å². The predicted molar refractivity (Wildman–Crippen MR) is 99.2 cm³/mol. The molecule has 1 aromatic carbocycles. The Morgan fingerprint density at radius 1 is 1.30 bits per heavy atom. The lowest BCUT2D eigenvalue weighted by atomic mass is 9.99. The van der Waals surface area contributed by atoms with Crippen LogP contribution in [0.15, 0.2) is 52.5 Å². The molecule has 3 heterocycles. The molecule has 0 bridgehead atoms. The Kier molecular flexibility index (Phi) is 4.19. The number of thiazole rings is 1. The molecule has 7 nitrogen and oxygen atoms in total. The molecule has 27 heavy (non-hydrogen) atoms. The second-order valence-corrected chi connectivity index (χ2v) is 7.16. The molecule has 0 saturated carbocycles. The molecule has 1 aliphatic rings. The third kappa shape index (κ3) is 2.97. The molecule has 1 aliphatic heterocycles. The first-order valence-electron chi connectivity index (χ1n) is 8.28. The number of rotatable bonds is 5. The van der Waals surface area contributed by atoms with Crippen molar-refractivity contribution in [1.29, 1.82) is 0 Å². The van der Waals surface area contributed by atoms with Crippen molar-refractivity contribution in [2.75, 3.05) is 7.11 Å². The Bertz CT molecular complexity index is 998. The zero-order valence-corrected chi connectivity index (χ0v) is 15.6. The summed E-state index contributed by atoms with van der Waals surface area (Å²) >= 11 is 1.45. The number of aromatic nitrogens is 1. The summed E-state index contributed by atoms with van der Waals surface area (Å²) in [6.07, 6.45) is 1.48. The highest BCUT2D eigenvalue weighted by atomic mass is 32.1. The van der Waals surface area contributed by atoms with Crippen LogP contribution in [0.25, 0.3) is 10.6 Å². The number of amides is 3. The van der Waals surface area contributed by atoms with Crippen LogP contribution >= 0.6 is 11.3 Å². The molecule has 0 radical (unpaired) electrons. The second kappa shape index (κ2) is 6.55. The molecular weight excluding hydrogens is 366 g/mol. The molecule has 0 spiro atoms. The molecule has 4 rings (SSSR count). The summed E-state index contributed by atoms with van der Waals surface area (Å²) in [5.74, 6) is 0.782. The lowest BCUT2D eigenvalue weighted by molar-refractivity contribution is -0.132. The monoisotopic (exact) mass is 383 g/mol. The van der Waals surface area contributed by atoms with Gasteiger partial charge in [0.15, 0.2) is 5.54 Å². The Labute approximate surface area is 159 Å². The maximum absolute atomic E-state index is 12.8. The van der Waals surface area contributed by atoms with Gasteiger partial charge in [-0.2, -0.15) is 0 Å². The van der Waals surface area contributed by atoms with Gasteiger partial charge in [0.25, 0.3) is 5.91 Å². The molecule has 1 unspecified atom stereocenters. The lowest BCUT2D eigenvalue weighted by Crippen LogP contribution is -2.40. The maximum Gasteiger partial charge on any atom is 0.325 e. The minimum atomic E-state index is -1.20. The summed E-state index contributed by atoms with van der Waals surface area (Å²) in [7, 11) is 1.61. The highest BCUT2D eigenvalue weighted by Gasteiger charge is 2.51. The number of ether oxygens (including phenoxy) is 1. The normalized spacial score (nSPS) is 19.4. The Morgan fingerprint density at radius 3 is 2.89 bits per heavy atom. The number of carbonyl (C=O) groups is 2. The van der Waals surface area contributed by atoms with Gasteiger partial charge in [0, 0.05) is 10.9 Å². The molecule has 1 fully saturated rings. The van der Waals surface area contributed by atoms with Gasteiger partial charge in [0.2, 0.25) is 0 Å². The largest absolute Gasteiger partial charge is 0.497 e. The van der Waals surface area contributed by atoms with Crippen molar-refractivity contribution in [2.24, 2.45) is 0 Å². The van der Waals surface area contributed by atoms with Crippen LogP contribution in [0.4, 0.5) is 4.79 Å². The van der Waals surface area contributed by atoms with E-state index in [-0.39, 0.29) is 12.5 Å². The van der Waals surface area contributed by atoms with Gasteiger partial charge in [-0.25, -0.2) is 9.78 Å². The lowest BCUT2D eigenvalue weighted by Gasteiger charge is -2.18. The van der Waals surface area contributed by atoms with E-state index in [0.29, 0.717) is 11.5 Å². The number of methoxy groups -OCH3 is 1. The van der Waals surface area contributed by atoms with Crippen molar-refractivity contribution in [3.63, 3.8) is 0 Å². The number of hydrogen-bond acceptors (Lipinski definition) is 6. The highest BCUT2D eigenvalue weighted by molar-refractivity contribution is 7.13. The Morgan fingerprint density at radius 2 is 2.15 bits per heavy atom. The van der Waals surface area contributed by atoms with Gasteiger partial charge in [-0.05, 0) is 31.2 Å². The molecular formula is C19H17N3O4S. The first-order valence-corrected chi connectivity index (χ1v) is 9.16. The molecule has 1 saturated heterocycles. The van der Waals surface area contributed by atoms with Crippen LogP contribution < -0.4 is 10.1 Å². The van der Waals surface area contributed by atoms with Crippen LogP contribution in [0.5, 0.6) is 5.75 Å². The van der Waals surface area contributed by atoms with Crippen LogP contribution in [-0.4, -0.2) is 28.9 Å². The number of imide groups is 1. The van der Waals surface area contributed by atoms with E-state index in [2.05, 4.69) is 10.3 Å². The fourth-order valence-electron chi connectivity index (χ4n) is 3.00. The average molecular weight is 383 g/mol. The van der Waals surface area contributed by atoms with Crippen LogP contribution in [0, 0.1) is 0 Å². The van der Waals surface area contributed by atoms with E-state index in [1.54, 1.807) is 26.2 Å². The highest BCUT2D eigenvalue weighted by Crippen LogP contribution is 2.31. The van der Waals surface area contributed by atoms with Crippen LogP contribution in [-0.2, 0) is 16.9 Å². The third-order valence-corrected chi connectivity index (χ3v) is 5.42. The topological polar surface area (TPSA) is 84.7 Å². The summed E-state index contributed by atoms with van der Waals surface area (Å²) < 4.78 is 10.6. The van der Waals surface area contributed by atoms with Gasteiger partial charge in [0.05, 0.1) is 25.6 Å². The number of urea groups is 1. The minimum absolute atomic E-state index is 0.0986. The standard InChI is InChI=1S/C19H17N3O4S/c1-19(15-7-4-8-26-15)17(23)22(18(24)21-19)10-13-11-27-16(20-13)12-5-3-6-14(9-12)25-2/h3-9,11H,10H2,1-2H3,(H,21,24). The molecule has 3 amide bonds. The van der Waals surface area contributed by atoms with Gasteiger partial charge in [0.1, 0.15) is 16.5 Å². The van der Waals surface area contributed by atoms with E-state index in [1.807, 2.05) is 29.6 Å². The maximum atomic E-state index is 12.8. The smallest absolute Gasteiger partial charge is 0.325 e. The molecule has 1 N–H and O–H groups in total. The van der Waals surface area contributed by atoms with E-state index in [1.165, 1.54) is 17.6 Å². The van der Waals surface area contributed by atoms with Gasteiger partial charge < -0.3 is 14.5 Å². The van der Waals surface area contributed by atoms with Gasteiger partial charge >= 0.3 is 6.03 Å². The fourth-order valence-corrected chi connectivity index (χ4v) is 3.81. The molecule has 1 atom stereocenters. The van der Waals surface area contributed by atoms with Crippen molar-refractivity contribution < 1.29 is 18.7 Å². The molecule has 8 heteroatoms. The molecule has 138 valence electrons. The van der Waals surface area contributed by atoms with Crippen molar-refractivity contribution in [2.45, 2.75) is 19.0 Å². The van der Waals surface area contributed by atoms with E-state index in [0.717, 1.165) is 21.2 Å². The van der Waals surface area contributed by atoms with Crippen LogP contribution in [0.3, 0.4) is 0 Å². The van der Waals surface area contributed by atoms with Crippen molar-refractivity contribution in [3.05, 3.63) is 59.5 Å². The molecule has 2 aromatic heterocycles. The third-order valence-electron chi connectivity index (χ3n) is 4.48. The van der Waals surface area contributed by atoms with Crippen molar-refractivity contribution in [1.82, 2.24) is 15.2 Å². The predicted octanol–water partition coefficient (Wildman–Crippen LogP) is 3.38. The molecule has 3 aromatic rings. The number of nitrogens with zero attached hydrogens (tertiary/aromatic N) is 2. The first kappa shape index (κ1) is 17.3. The zero-order valence-electron chi connectivity index (χ0n) is 14.8. The number of hydrogen-bond donors (Lipinski definition) is 1. The van der Waals surface area contributed by atoms with Crippen LogP contribution in [0.2, 0.25) is 0 Å². The van der Waals surface area contributed by atoms with Gasteiger partial charge in [-0.1, -0.05) is 12.1 Å². The summed E-state index contributed by atoms with van der Waals surface area (Å²) in [5, 5.41) is 5.35. The number of furan rings is 1. The Hall–Kier alpha value is -3.13. The van der Waals surface area contributed by atoms with Gasteiger partial charge in [-0.3, -0.25) is 9.69 Å². The summed E-state index contributed by atoms with van der Waals surface area (Å²) in [6.45, 7) is 1.73. The quantitative estimate of drug-likeness (QED) is 0.683. The minimum Gasteiger partial charge on any atom is -0.497 e. The SMILES string of the molecule is COc1cccc(-c2nc(CN3C(=O)NC(C)(c4ccco4)C3=O)cs2)c1. The second-order valence-electron chi connectivity index (χ2n) is 6.30. The van der Waals surface area contributed by atoms with E-state index in [9.17, 15) is 9.59 Å². The number of carbonyl (C=O) groups excluding carboxylic acids is 2.